The zero-order valence-electron chi connectivity index (χ0n) is 20.3. The van der Waals surface area contributed by atoms with Crippen molar-refractivity contribution >= 4 is 0 Å². The molecular formula is C28H37F3N2. The maximum atomic E-state index is 13.3. The van der Waals surface area contributed by atoms with Crippen molar-refractivity contribution in [2.75, 3.05) is 6.54 Å². The van der Waals surface area contributed by atoms with Gasteiger partial charge in [-0.15, -0.1) is 0 Å². The molecule has 3 rings (SSSR count). The first-order chi connectivity index (χ1) is 15.7. The van der Waals surface area contributed by atoms with Crippen LogP contribution in [0.15, 0.2) is 54.6 Å². The fraction of sp³-hybridized carbons (Fsp3) is 0.536. The Morgan fingerprint density at radius 3 is 1.97 bits per heavy atom. The van der Waals surface area contributed by atoms with Gasteiger partial charge in [-0.2, -0.15) is 18.4 Å². The van der Waals surface area contributed by atoms with E-state index in [-0.39, 0.29) is 12.8 Å². The Morgan fingerprint density at radius 2 is 1.52 bits per heavy atom. The number of benzene rings is 2. The average molecular weight is 459 g/mol. The summed E-state index contributed by atoms with van der Waals surface area (Å²) in [6, 6.07) is 20.4. The Morgan fingerprint density at radius 1 is 0.970 bits per heavy atom. The fourth-order valence-corrected chi connectivity index (χ4v) is 4.55. The molecule has 1 saturated carbocycles. The van der Waals surface area contributed by atoms with Gasteiger partial charge in [-0.3, -0.25) is 4.90 Å². The molecular weight excluding hydrogens is 421 g/mol. The van der Waals surface area contributed by atoms with Crippen molar-refractivity contribution in [2.24, 2.45) is 0 Å². The monoisotopic (exact) mass is 458 g/mol. The zero-order chi connectivity index (χ0) is 24.5. The number of aryl methyl sites for hydroxylation is 1. The van der Waals surface area contributed by atoms with Gasteiger partial charge in [0, 0.05) is 25.6 Å². The molecule has 0 saturated heterocycles. The highest BCUT2D eigenvalue weighted by Gasteiger charge is 2.64. The predicted octanol–water partition coefficient (Wildman–Crippen LogP) is 7.47. The third kappa shape index (κ3) is 7.33. The minimum Gasteiger partial charge on any atom is -0.298 e. The maximum Gasteiger partial charge on any atom is 0.398 e. The van der Waals surface area contributed by atoms with Crippen LogP contribution < -0.4 is 0 Å². The molecule has 2 aromatic rings. The quantitative estimate of drug-likeness (QED) is 0.369. The van der Waals surface area contributed by atoms with Crippen molar-refractivity contribution in [3.63, 3.8) is 0 Å². The summed E-state index contributed by atoms with van der Waals surface area (Å²) in [5, 5.41) is 7.32. The van der Waals surface area contributed by atoms with Crippen molar-refractivity contribution in [3.8, 4) is 6.07 Å². The number of rotatable bonds is 10. The summed E-state index contributed by atoms with van der Waals surface area (Å²) >= 11 is 0. The lowest BCUT2D eigenvalue weighted by Crippen LogP contribution is -2.41. The second-order valence-electron chi connectivity index (χ2n) is 9.17. The first kappa shape index (κ1) is 26.9. The number of nitrogens with zero attached hydrogens (tertiary/aromatic N) is 2. The van der Waals surface area contributed by atoms with Gasteiger partial charge in [0.05, 0.1) is 11.5 Å². The van der Waals surface area contributed by atoms with Crippen LogP contribution in [0.25, 0.3) is 0 Å². The lowest BCUT2D eigenvalue weighted by Gasteiger charge is -2.35. The molecule has 1 fully saturated rings. The first-order valence-corrected chi connectivity index (χ1v) is 11.9. The Kier molecular flexibility index (Phi) is 9.98. The smallest absolute Gasteiger partial charge is 0.298 e. The van der Waals surface area contributed by atoms with Gasteiger partial charge in [-0.25, -0.2) is 0 Å². The second kappa shape index (κ2) is 12.2. The number of halogens is 3. The van der Waals surface area contributed by atoms with Gasteiger partial charge in [0.25, 0.3) is 0 Å². The summed E-state index contributed by atoms with van der Waals surface area (Å²) in [6.07, 6.45) is 0.320. The minimum atomic E-state index is -4.14. The van der Waals surface area contributed by atoms with Crippen molar-refractivity contribution in [1.82, 2.24) is 4.90 Å². The lowest BCUT2D eigenvalue weighted by molar-refractivity contribution is -0.160. The van der Waals surface area contributed by atoms with E-state index in [4.69, 9.17) is 5.26 Å². The molecule has 2 aromatic carbocycles. The van der Waals surface area contributed by atoms with Crippen LogP contribution in [-0.4, -0.2) is 29.7 Å². The molecule has 1 atom stereocenters. The lowest BCUT2D eigenvalue weighted by atomic mass is 9.93. The van der Waals surface area contributed by atoms with E-state index in [0.717, 1.165) is 37.8 Å². The molecule has 0 aliphatic heterocycles. The minimum absolute atomic E-state index is 0.221. The Hall–Kier alpha value is -2.32. The number of hydrogen-bond acceptors (Lipinski definition) is 2. The topological polar surface area (TPSA) is 27.0 Å². The van der Waals surface area contributed by atoms with Crippen LogP contribution in [-0.2, 0) is 18.3 Å². The van der Waals surface area contributed by atoms with Gasteiger partial charge in [0.2, 0.25) is 0 Å². The fourth-order valence-electron chi connectivity index (χ4n) is 4.55. The molecule has 5 heteroatoms. The number of nitriles is 1. The molecule has 180 valence electrons. The maximum absolute atomic E-state index is 13.3. The SMILES string of the molecule is CC#N.CCC(CCc1ccc(C2(C(F)(F)F)CC2)cc1)N(CCc1ccccc1)C(C)C. The van der Waals surface area contributed by atoms with Crippen molar-refractivity contribution in [2.45, 2.75) is 89.9 Å². The van der Waals surface area contributed by atoms with E-state index in [1.807, 2.05) is 18.2 Å². The Balaban J connectivity index is 0.00000122. The molecule has 0 N–H and O–H groups in total. The van der Waals surface area contributed by atoms with Crippen LogP contribution >= 0.6 is 0 Å². The molecule has 0 aromatic heterocycles. The summed E-state index contributed by atoms with van der Waals surface area (Å²) in [5.74, 6) is 0. The normalized spacial score (nSPS) is 15.5. The summed E-state index contributed by atoms with van der Waals surface area (Å²) in [7, 11) is 0. The van der Waals surface area contributed by atoms with E-state index in [9.17, 15) is 13.2 Å². The molecule has 0 heterocycles. The molecule has 0 radical (unpaired) electrons. The number of hydrogen-bond donors (Lipinski definition) is 0. The van der Waals surface area contributed by atoms with Crippen LogP contribution in [0.5, 0.6) is 0 Å². The summed E-state index contributed by atoms with van der Waals surface area (Å²) in [4.78, 5) is 2.57. The third-order valence-electron chi connectivity index (χ3n) is 6.67. The Labute approximate surface area is 197 Å². The summed E-state index contributed by atoms with van der Waals surface area (Å²) in [6.45, 7) is 9.17. The molecule has 1 unspecified atom stereocenters. The highest BCUT2D eigenvalue weighted by atomic mass is 19.4. The van der Waals surface area contributed by atoms with Crippen LogP contribution in [0.2, 0.25) is 0 Å². The highest BCUT2D eigenvalue weighted by molar-refractivity contribution is 5.35. The molecule has 0 spiro atoms. The van der Waals surface area contributed by atoms with Crippen molar-refractivity contribution < 1.29 is 13.2 Å². The largest absolute Gasteiger partial charge is 0.398 e. The molecule has 0 amide bonds. The Bertz CT molecular complexity index is 863. The van der Waals surface area contributed by atoms with Gasteiger partial charge in [-0.05, 0) is 69.1 Å². The highest BCUT2D eigenvalue weighted by Crippen LogP contribution is 2.58. The van der Waals surface area contributed by atoms with Gasteiger partial charge in [0.15, 0.2) is 0 Å². The molecule has 1 aliphatic rings. The standard InChI is InChI=1S/C26H34F3N.C2H3N/c1-4-24(30(20(2)3)19-16-21-8-6-5-7-9-21)15-12-22-10-13-23(14-11-22)25(17-18-25)26(27,28)29;1-2-3/h5-11,13-14,20,24H,4,12,15-19H2,1-3H3;1H3. The van der Waals surface area contributed by atoms with Gasteiger partial charge in [0.1, 0.15) is 0 Å². The van der Waals surface area contributed by atoms with Crippen LogP contribution in [0.1, 0.15) is 70.1 Å². The van der Waals surface area contributed by atoms with Crippen molar-refractivity contribution in [1.29, 1.82) is 5.26 Å². The average Bonchev–Trinajstić information content (AvgIpc) is 3.60. The van der Waals surface area contributed by atoms with E-state index < -0.39 is 11.6 Å². The van der Waals surface area contributed by atoms with Crippen molar-refractivity contribution in [3.05, 3.63) is 71.3 Å². The van der Waals surface area contributed by atoms with Gasteiger partial charge < -0.3 is 0 Å². The van der Waals surface area contributed by atoms with E-state index in [1.165, 1.54) is 12.5 Å². The summed E-state index contributed by atoms with van der Waals surface area (Å²) in [5.41, 5.74) is 1.33. The van der Waals surface area contributed by atoms with E-state index >= 15 is 0 Å². The molecule has 2 nitrogen and oxygen atoms in total. The summed E-state index contributed by atoms with van der Waals surface area (Å²) < 4.78 is 40.0. The van der Waals surface area contributed by atoms with Crippen LogP contribution in [0.4, 0.5) is 13.2 Å². The first-order valence-electron chi connectivity index (χ1n) is 11.9. The molecule has 1 aliphatic carbocycles. The van der Waals surface area contributed by atoms with Crippen LogP contribution in [0.3, 0.4) is 0 Å². The predicted molar refractivity (Wildman–Crippen MR) is 129 cm³/mol. The van der Waals surface area contributed by atoms with Gasteiger partial charge >= 0.3 is 6.18 Å². The van der Waals surface area contributed by atoms with Crippen LogP contribution in [0, 0.1) is 11.3 Å². The van der Waals surface area contributed by atoms with E-state index in [1.54, 1.807) is 18.2 Å². The molecule has 33 heavy (non-hydrogen) atoms. The second-order valence-corrected chi connectivity index (χ2v) is 9.17. The van der Waals surface area contributed by atoms with E-state index in [2.05, 4.69) is 49.9 Å². The zero-order valence-corrected chi connectivity index (χ0v) is 20.3. The molecule has 0 bridgehead atoms. The van der Waals surface area contributed by atoms with E-state index in [0.29, 0.717) is 17.6 Å². The number of alkyl halides is 3. The van der Waals surface area contributed by atoms with Gasteiger partial charge in [-0.1, -0.05) is 61.5 Å². The third-order valence-corrected chi connectivity index (χ3v) is 6.67.